The minimum Gasteiger partial charge on any atom is -0.325 e. The molecule has 1 saturated carbocycles. The number of anilines is 1. The number of hydrazine groups is 1. The number of alkyl halides is 5. The average Bonchev–Trinajstić information content (AvgIpc) is 3.51. The van der Waals surface area contributed by atoms with Crippen LogP contribution in [-0.4, -0.2) is 44.0 Å². The fraction of sp³-hybridized carbons (Fsp3) is 0.435. The SMILES string of the molecule is C=C/C(=C\C=C(/C)c1c(Cl)cc(NC2=NC(N)NN2)cc1C(F)(F)F)S(=O)(=O)N1CCC(F)(F)C2CC2C1. The van der Waals surface area contributed by atoms with Crippen molar-refractivity contribution < 1.29 is 30.4 Å². The van der Waals surface area contributed by atoms with E-state index in [1.165, 1.54) is 19.1 Å². The Morgan fingerprint density at radius 2 is 2.05 bits per heavy atom. The molecule has 0 amide bonds. The van der Waals surface area contributed by atoms with Crippen molar-refractivity contribution >= 4 is 38.8 Å². The van der Waals surface area contributed by atoms with E-state index in [1.807, 2.05) is 0 Å². The van der Waals surface area contributed by atoms with Crippen LogP contribution < -0.4 is 21.9 Å². The number of allylic oxidation sites excluding steroid dienone is 4. The van der Waals surface area contributed by atoms with Gasteiger partial charge in [-0.3, -0.25) is 11.2 Å². The predicted molar refractivity (Wildman–Crippen MR) is 135 cm³/mol. The molecule has 2 aliphatic heterocycles. The lowest BCUT2D eigenvalue weighted by Crippen LogP contribution is -2.41. The number of rotatable bonds is 6. The summed E-state index contributed by atoms with van der Waals surface area (Å²) in [6, 6.07) is 2.10. The van der Waals surface area contributed by atoms with E-state index in [1.54, 1.807) is 0 Å². The first-order chi connectivity index (χ1) is 17.6. The summed E-state index contributed by atoms with van der Waals surface area (Å²) < 4.78 is 97.6. The van der Waals surface area contributed by atoms with Crippen LogP contribution in [0.3, 0.4) is 0 Å². The van der Waals surface area contributed by atoms with E-state index >= 15 is 0 Å². The molecule has 3 atom stereocenters. The maximum Gasteiger partial charge on any atom is 0.417 e. The molecule has 0 spiro atoms. The molecule has 1 saturated heterocycles. The molecule has 0 bridgehead atoms. The Labute approximate surface area is 221 Å². The minimum absolute atomic E-state index is 0.0118. The Hall–Kier alpha value is -2.52. The highest BCUT2D eigenvalue weighted by atomic mass is 35.5. The van der Waals surface area contributed by atoms with Crippen molar-refractivity contribution in [3.8, 4) is 0 Å². The van der Waals surface area contributed by atoms with Crippen molar-refractivity contribution in [3.63, 3.8) is 0 Å². The Morgan fingerprint density at radius 1 is 1.34 bits per heavy atom. The average molecular weight is 581 g/mol. The molecule has 1 aliphatic carbocycles. The number of nitrogens with zero attached hydrogens (tertiary/aromatic N) is 2. The number of hydrogen-bond donors (Lipinski definition) is 4. The van der Waals surface area contributed by atoms with Gasteiger partial charge in [0.25, 0.3) is 5.92 Å². The fourth-order valence-corrected chi connectivity index (χ4v) is 6.38. The number of nitrogens with two attached hydrogens (primary N) is 1. The molecule has 5 N–H and O–H groups in total. The Kier molecular flexibility index (Phi) is 7.67. The van der Waals surface area contributed by atoms with Crippen LogP contribution >= 0.6 is 11.6 Å². The lowest BCUT2D eigenvalue weighted by molar-refractivity contribution is -0.137. The highest BCUT2D eigenvalue weighted by molar-refractivity contribution is 7.93. The topological polar surface area (TPSA) is 112 Å². The minimum atomic E-state index is -4.81. The van der Waals surface area contributed by atoms with E-state index in [0.29, 0.717) is 0 Å². The second kappa shape index (κ2) is 10.2. The first kappa shape index (κ1) is 28.5. The Balaban J connectivity index is 1.65. The molecule has 15 heteroatoms. The summed E-state index contributed by atoms with van der Waals surface area (Å²) in [6.07, 6.45) is -2.63. The fourth-order valence-electron chi connectivity index (χ4n) is 4.55. The molecule has 1 aromatic carbocycles. The molecule has 2 fully saturated rings. The van der Waals surface area contributed by atoms with Gasteiger partial charge in [0.15, 0.2) is 6.29 Å². The lowest BCUT2D eigenvalue weighted by atomic mass is 9.99. The molecule has 0 radical (unpaired) electrons. The smallest absolute Gasteiger partial charge is 0.325 e. The van der Waals surface area contributed by atoms with Crippen LogP contribution in [0.1, 0.15) is 30.9 Å². The van der Waals surface area contributed by atoms with Gasteiger partial charge in [0, 0.05) is 36.7 Å². The highest BCUT2D eigenvalue weighted by Gasteiger charge is 2.57. The van der Waals surface area contributed by atoms with Crippen molar-refractivity contribution in [1.29, 1.82) is 0 Å². The molecule has 3 unspecified atom stereocenters. The van der Waals surface area contributed by atoms with E-state index in [2.05, 4.69) is 27.7 Å². The van der Waals surface area contributed by atoms with E-state index in [4.69, 9.17) is 17.3 Å². The van der Waals surface area contributed by atoms with Gasteiger partial charge in [-0.1, -0.05) is 24.3 Å². The number of fused-ring (bicyclic) bond motifs is 1. The quantitative estimate of drug-likeness (QED) is 0.296. The summed E-state index contributed by atoms with van der Waals surface area (Å²) in [5.41, 5.74) is 9.26. The summed E-state index contributed by atoms with van der Waals surface area (Å²) in [5, 5.41) is 2.40. The van der Waals surface area contributed by atoms with Crippen LogP contribution in [0.15, 0.2) is 46.8 Å². The lowest BCUT2D eigenvalue weighted by Gasteiger charge is -2.22. The largest absolute Gasteiger partial charge is 0.417 e. The van der Waals surface area contributed by atoms with E-state index in [9.17, 15) is 30.4 Å². The van der Waals surface area contributed by atoms with Gasteiger partial charge in [-0.2, -0.15) is 22.9 Å². The number of aliphatic imine (C=N–C) groups is 1. The molecular formula is C23H26ClF5N6O2S. The zero-order valence-corrected chi connectivity index (χ0v) is 21.7. The van der Waals surface area contributed by atoms with Gasteiger partial charge in [0.2, 0.25) is 16.0 Å². The van der Waals surface area contributed by atoms with E-state index < -0.39 is 52.2 Å². The van der Waals surface area contributed by atoms with Crippen molar-refractivity contribution in [2.24, 2.45) is 22.6 Å². The molecule has 4 rings (SSSR count). The van der Waals surface area contributed by atoms with Crippen LogP contribution in [0, 0.1) is 11.8 Å². The van der Waals surface area contributed by atoms with Crippen molar-refractivity contribution in [2.75, 3.05) is 18.4 Å². The maximum absolute atomic E-state index is 14.1. The second-order valence-electron chi connectivity index (χ2n) is 9.29. The number of guanidine groups is 1. The molecular weight excluding hydrogens is 555 g/mol. The first-order valence-corrected chi connectivity index (χ1v) is 13.4. The van der Waals surface area contributed by atoms with Crippen LogP contribution in [-0.2, 0) is 16.2 Å². The zero-order valence-electron chi connectivity index (χ0n) is 20.1. The summed E-state index contributed by atoms with van der Waals surface area (Å²) in [5.74, 6) is -4.10. The van der Waals surface area contributed by atoms with Crippen LogP contribution in [0.4, 0.5) is 27.6 Å². The monoisotopic (exact) mass is 580 g/mol. The number of nitrogens with one attached hydrogen (secondary N) is 3. The van der Waals surface area contributed by atoms with Gasteiger partial charge in [-0.25, -0.2) is 22.2 Å². The van der Waals surface area contributed by atoms with Crippen molar-refractivity contribution in [2.45, 2.75) is 38.2 Å². The number of halogens is 6. The number of benzene rings is 1. The maximum atomic E-state index is 14.1. The van der Waals surface area contributed by atoms with Gasteiger partial charge in [0.05, 0.1) is 15.5 Å². The van der Waals surface area contributed by atoms with Gasteiger partial charge >= 0.3 is 6.18 Å². The summed E-state index contributed by atoms with van der Waals surface area (Å²) >= 11 is 6.26. The van der Waals surface area contributed by atoms with E-state index in [0.717, 1.165) is 22.5 Å². The van der Waals surface area contributed by atoms with Crippen molar-refractivity contribution in [3.05, 3.63) is 58.0 Å². The molecule has 208 valence electrons. The first-order valence-electron chi connectivity index (χ1n) is 11.6. The van der Waals surface area contributed by atoms with Crippen LogP contribution in [0.5, 0.6) is 0 Å². The van der Waals surface area contributed by atoms with Crippen LogP contribution in [0.25, 0.3) is 5.57 Å². The number of hydrogen-bond acceptors (Lipinski definition) is 7. The molecule has 8 nitrogen and oxygen atoms in total. The summed E-state index contributed by atoms with van der Waals surface area (Å²) in [7, 11) is -4.21. The molecule has 3 aliphatic rings. The molecule has 1 aromatic rings. The predicted octanol–water partition coefficient (Wildman–Crippen LogP) is 4.26. The normalized spacial score (nSPS) is 26.2. The summed E-state index contributed by atoms with van der Waals surface area (Å²) in [6.45, 7) is 4.43. The van der Waals surface area contributed by atoms with Crippen molar-refractivity contribution in [1.82, 2.24) is 15.2 Å². The molecule has 2 heterocycles. The summed E-state index contributed by atoms with van der Waals surface area (Å²) in [4.78, 5) is 3.59. The van der Waals surface area contributed by atoms with Gasteiger partial charge in [-0.15, -0.1) is 0 Å². The molecule has 0 aromatic heterocycles. The standard InChI is InChI=1S/C23H26ClF5N6O2S/c1-3-15(38(36,37)35-7-6-22(25,26)16-8-13(16)11-35)5-4-12(2)19-17(23(27,28)29)9-14(10-18(19)24)31-21-32-20(30)33-34-21/h3-5,9-10,13,16,20,33H,1,6-8,11,30H2,2H3,(H2,31,32,34)/b12-4+,15-5+. The Morgan fingerprint density at radius 3 is 2.66 bits per heavy atom. The highest BCUT2D eigenvalue weighted by Crippen LogP contribution is 2.53. The second-order valence-corrected chi connectivity index (χ2v) is 11.6. The zero-order chi connectivity index (χ0) is 28.0. The third-order valence-electron chi connectivity index (χ3n) is 6.59. The van der Waals surface area contributed by atoms with Gasteiger partial charge in [-0.05, 0) is 49.1 Å². The van der Waals surface area contributed by atoms with E-state index in [-0.39, 0.29) is 52.2 Å². The third-order valence-corrected chi connectivity index (χ3v) is 8.80. The van der Waals surface area contributed by atoms with Crippen LogP contribution in [0.2, 0.25) is 5.02 Å². The Bertz CT molecular complexity index is 1330. The third kappa shape index (κ3) is 5.88. The number of sulfonamides is 1. The van der Waals surface area contributed by atoms with Gasteiger partial charge in [0.1, 0.15) is 0 Å². The van der Waals surface area contributed by atoms with Gasteiger partial charge < -0.3 is 5.32 Å². The molecule has 38 heavy (non-hydrogen) atoms.